The molecule has 2 heterocycles. The van der Waals surface area contributed by atoms with Crippen LogP contribution in [-0.2, 0) is 6.54 Å². The average molecular weight is 404 g/mol. The maximum Gasteiger partial charge on any atom is 0.254 e. The van der Waals surface area contributed by atoms with Crippen molar-refractivity contribution in [2.45, 2.75) is 19.1 Å². The normalized spacial score (nSPS) is 15.8. The number of carbonyl (C=O) groups excluding carboxylic acids is 1. The van der Waals surface area contributed by atoms with Crippen LogP contribution in [0.5, 0.6) is 0 Å². The van der Waals surface area contributed by atoms with Gasteiger partial charge < -0.3 is 26.4 Å². The Hall–Kier alpha value is -3.65. The van der Waals surface area contributed by atoms with Gasteiger partial charge in [-0.1, -0.05) is 30.3 Å². The van der Waals surface area contributed by atoms with Crippen molar-refractivity contribution < 1.29 is 9.90 Å². The van der Waals surface area contributed by atoms with Crippen molar-refractivity contribution in [2.24, 2.45) is 5.73 Å². The van der Waals surface area contributed by atoms with Gasteiger partial charge in [0.05, 0.1) is 11.7 Å². The van der Waals surface area contributed by atoms with Gasteiger partial charge in [0.15, 0.2) is 0 Å². The molecule has 4 rings (SSSR count). The van der Waals surface area contributed by atoms with Gasteiger partial charge in [-0.05, 0) is 36.2 Å². The topological polar surface area (TPSA) is 116 Å². The number of aliphatic hydroxyl groups excluding tert-OH is 1. The van der Waals surface area contributed by atoms with E-state index >= 15 is 0 Å². The molecule has 2 aromatic carbocycles. The minimum atomic E-state index is -0.589. The maximum atomic E-state index is 11.7. The first-order valence-electron chi connectivity index (χ1n) is 9.83. The van der Waals surface area contributed by atoms with Crippen molar-refractivity contribution in [2.75, 3.05) is 28.6 Å². The second kappa shape index (κ2) is 8.79. The van der Waals surface area contributed by atoms with Crippen molar-refractivity contribution in [3.8, 4) is 0 Å². The molecule has 1 atom stereocenters. The fraction of sp³-hybridized carbons (Fsp3) is 0.227. The molecule has 0 bridgehead atoms. The highest BCUT2D eigenvalue weighted by Gasteiger charge is 2.20. The third kappa shape index (κ3) is 4.66. The summed E-state index contributed by atoms with van der Waals surface area (Å²) in [5.41, 5.74) is 8.65. The lowest BCUT2D eigenvalue weighted by Gasteiger charge is -2.18. The molecule has 154 valence electrons. The molecule has 8 heteroatoms. The van der Waals surface area contributed by atoms with Gasteiger partial charge in [-0.25, -0.2) is 4.98 Å². The van der Waals surface area contributed by atoms with Crippen LogP contribution in [0.15, 0.2) is 60.8 Å². The van der Waals surface area contributed by atoms with Gasteiger partial charge in [0, 0.05) is 37.2 Å². The van der Waals surface area contributed by atoms with Gasteiger partial charge in [-0.2, -0.15) is 4.98 Å². The Morgan fingerprint density at radius 3 is 2.60 bits per heavy atom. The number of benzene rings is 2. The molecule has 1 fully saturated rings. The fourth-order valence-corrected chi connectivity index (χ4v) is 3.40. The summed E-state index contributed by atoms with van der Waals surface area (Å²) < 4.78 is 0. The highest BCUT2D eigenvalue weighted by Crippen LogP contribution is 2.24. The number of aromatic nitrogens is 2. The Balaban J connectivity index is 1.47. The van der Waals surface area contributed by atoms with Gasteiger partial charge in [0.2, 0.25) is 5.95 Å². The third-order valence-electron chi connectivity index (χ3n) is 5.01. The van der Waals surface area contributed by atoms with Crippen LogP contribution in [0.1, 0.15) is 22.3 Å². The largest absolute Gasteiger partial charge is 0.391 e. The third-order valence-corrected chi connectivity index (χ3v) is 5.01. The average Bonchev–Trinajstić information content (AvgIpc) is 3.20. The number of amides is 1. The predicted octanol–water partition coefficient (Wildman–Crippen LogP) is 2.50. The number of rotatable bonds is 7. The van der Waals surface area contributed by atoms with Crippen LogP contribution in [0.3, 0.4) is 0 Å². The van der Waals surface area contributed by atoms with Gasteiger partial charge in [-0.15, -0.1) is 0 Å². The van der Waals surface area contributed by atoms with E-state index in [-0.39, 0.29) is 11.7 Å². The molecule has 5 N–H and O–H groups in total. The molecule has 30 heavy (non-hydrogen) atoms. The second-order valence-electron chi connectivity index (χ2n) is 7.22. The summed E-state index contributed by atoms with van der Waals surface area (Å²) in [7, 11) is 0. The quantitative estimate of drug-likeness (QED) is 0.478. The number of nitrogens with zero attached hydrogens (tertiary/aromatic N) is 3. The molecular weight excluding hydrogens is 380 g/mol. The molecule has 3 aromatic rings. The first-order valence-corrected chi connectivity index (χ1v) is 9.83. The molecule has 1 aromatic heterocycles. The van der Waals surface area contributed by atoms with Crippen molar-refractivity contribution in [3.05, 3.63) is 71.9 Å². The lowest BCUT2D eigenvalue weighted by atomic mass is 10.2. The lowest BCUT2D eigenvalue weighted by molar-refractivity contribution is 0.100. The Morgan fingerprint density at radius 1 is 1.17 bits per heavy atom. The van der Waals surface area contributed by atoms with Gasteiger partial charge in [0.25, 0.3) is 5.91 Å². The number of nitrogens with two attached hydrogens (primary N) is 1. The molecule has 1 amide bonds. The molecule has 8 nitrogen and oxygen atoms in total. The number of hydrogen-bond acceptors (Lipinski definition) is 7. The number of anilines is 4. The zero-order valence-corrected chi connectivity index (χ0v) is 16.5. The smallest absolute Gasteiger partial charge is 0.254 e. The van der Waals surface area contributed by atoms with Crippen molar-refractivity contribution in [1.82, 2.24) is 9.97 Å². The highest BCUT2D eigenvalue weighted by molar-refractivity contribution is 5.97. The molecule has 0 aliphatic carbocycles. The molecule has 0 spiro atoms. The first-order chi connectivity index (χ1) is 14.6. The van der Waals surface area contributed by atoms with Crippen LogP contribution in [0.4, 0.5) is 23.1 Å². The molecule has 1 saturated heterocycles. The summed E-state index contributed by atoms with van der Waals surface area (Å²) in [6.45, 7) is 2.01. The van der Waals surface area contributed by atoms with Gasteiger partial charge in [-0.3, -0.25) is 4.79 Å². The summed E-state index contributed by atoms with van der Waals surface area (Å²) in [5.74, 6) is 0.153. The Bertz CT molecular complexity index is 1010. The molecule has 1 aliphatic rings. The van der Waals surface area contributed by atoms with Gasteiger partial charge >= 0.3 is 0 Å². The van der Waals surface area contributed by atoms with Crippen molar-refractivity contribution in [3.63, 3.8) is 0 Å². The predicted molar refractivity (Wildman–Crippen MR) is 117 cm³/mol. The zero-order chi connectivity index (χ0) is 20.9. The number of nitrogens with one attached hydrogen (secondary N) is 2. The minimum absolute atomic E-state index is 0.236. The van der Waals surface area contributed by atoms with E-state index in [0.717, 1.165) is 29.9 Å². The van der Waals surface area contributed by atoms with Crippen LogP contribution >= 0.6 is 0 Å². The van der Waals surface area contributed by atoms with E-state index < -0.39 is 5.91 Å². The fourth-order valence-electron chi connectivity index (χ4n) is 3.40. The number of primary amides is 1. The van der Waals surface area contributed by atoms with E-state index in [4.69, 9.17) is 5.73 Å². The van der Waals surface area contributed by atoms with Gasteiger partial charge in [0.1, 0.15) is 5.82 Å². The standard InChI is InChI=1S/C22H24N6O2/c23-20(30)19-13-25-22(27-21(19)24-12-15-4-2-1-3-5-15)26-16-6-8-17(9-7-16)28-11-10-18(29)14-28/h1-9,13,18,29H,10-12,14H2,(H2,23,30)(H2,24,25,26,27). The minimum Gasteiger partial charge on any atom is -0.391 e. The Morgan fingerprint density at radius 2 is 1.93 bits per heavy atom. The Kier molecular flexibility index (Phi) is 5.76. The van der Waals surface area contributed by atoms with E-state index in [1.165, 1.54) is 6.20 Å². The van der Waals surface area contributed by atoms with Crippen LogP contribution < -0.4 is 21.3 Å². The second-order valence-corrected chi connectivity index (χ2v) is 7.22. The molecule has 1 unspecified atom stereocenters. The lowest BCUT2D eigenvalue weighted by Crippen LogP contribution is -2.20. The summed E-state index contributed by atoms with van der Waals surface area (Å²) in [4.78, 5) is 22.6. The Labute approximate surface area is 174 Å². The molecule has 1 aliphatic heterocycles. The maximum absolute atomic E-state index is 11.7. The summed E-state index contributed by atoms with van der Waals surface area (Å²) in [5, 5.41) is 16.0. The van der Waals surface area contributed by atoms with Crippen LogP contribution in [0, 0.1) is 0 Å². The van der Waals surface area contributed by atoms with E-state index in [1.807, 2.05) is 54.6 Å². The number of aliphatic hydroxyl groups is 1. The summed E-state index contributed by atoms with van der Waals surface area (Å²) in [6, 6.07) is 17.7. The summed E-state index contributed by atoms with van der Waals surface area (Å²) in [6.07, 6.45) is 1.95. The SMILES string of the molecule is NC(=O)c1cnc(Nc2ccc(N3CCC(O)C3)cc2)nc1NCc1ccccc1. The van der Waals surface area contributed by atoms with E-state index in [2.05, 4.69) is 25.5 Å². The van der Waals surface area contributed by atoms with Crippen LogP contribution in [0.2, 0.25) is 0 Å². The van der Waals surface area contributed by atoms with Crippen molar-refractivity contribution >= 4 is 29.0 Å². The molecular formula is C22H24N6O2. The van der Waals surface area contributed by atoms with Crippen molar-refractivity contribution in [1.29, 1.82) is 0 Å². The summed E-state index contributed by atoms with van der Waals surface area (Å²) >= 11 is 0. The number of carbonyl (C=O) groups is 1. The van der Waals surface area contributed by atoms with Crippen LogP contribution in [0.25, 0.3) is 0 Å². The molecule has 0 saturated carbocycles. The zero-order valence-electron chi connectivity index (χ0n) is 16.5. The van der Waals surface area contributed by atoms with E-state index in [0.29, 0.717) is 24.9 Å². The number of hydrogen-bond donors (Lipinski definition) is 4. The highest BCUT2D eigenvalue weighted by atomic mass is 16.3. The first kappa shape index (κ1) is 19.7. The monoisotopic (exact) mass is 404 g/mol. The van der Waals surface area contributed by atoms with Crippen LogP contribution in [-0.4, -0.2) is 40.2 Å². The van der Waals surface area contributed by atoms with E-state index in [1.54, 1.807) is 0 Å². The van der Waals surface area contributed by atoms with E-state index in [9.17, 15) is 9.90 Å². The number of β-amino-alcohol motifs (C(OH)–C–C–N with tert-alkyl or cyclic N) is 1. The molecule has 0 radical (unpaired) electrons.